The van der Waals surface area contributed by atoms with Crippen molar-refractivity contribution < 1.29 is 4.42 Å². The molecule has 0 spiro atoms. The molecule has 3 heterocycles. The first-order valence-electron chi connectivity index (χ1n) is 11.0. The van der Waals surface area contributed by atoms with Gasteiger partial charge in [-0.15, -0.1) is 0 Å². The van der Waals surface area contributed by atoms with Crippen LogP contribution in [-0.4, -0.2) is 15.0 Å². The van der Waals surface area contributed by atoms with Crippen LogP contribution in [0.5, 0.6) is 0 Å². The quantitative estimate of drug-likeness (QED) is 0.274. The first-order chi connectivity index (χ1) is 15.5. The van der Waals surface area contributed by atoms with E-state index in [4.69, 9.17) is 19.4 Å². The second-order valence-corrected chi connectivity index (χ2v) is 8.78. The number of aromatic nitrogens is 3. The van der Waals surface area contributed by atoms with Gasteiger partial charge in [-0.1, -0.05) is 50.2 Å². The smallest absolute Gasteiger partial charge is 0.227 e. The molecule has 0 saturated heterocycles. The summed E-state index contributed by atoms with van der Waals surface area (Å²) in [6, 6.07) is 21.1. The standard InChI is InChI=1S/C28H23N3O/c1-15(2)23-14-13-20-19-9-6-10-22(27(19)32-28(20)31-23)25-21-12-11-18-8-5-7-16(3)24(18)26(21)30-17(4)29-25/h5-15H,1-4H3. The number of furan rings is 1. The molecular weight excluding hydrogens is 394 g/mol. The Bertz CT molecular complexity index is 1680. The average Bonchev–Trinajstić information content (AvgIpc) is 3.16. The van der Waals surface area contributed by atoms with E-state index < -0.39 is 0 Å². The lowest BCUT2D eigenvalue weighted by Crippen LogP contribution is -1.96. The van der Waals surface area contributed by atoms with Gasteiger partial charge in [-0.25, -0.2) is 15.0 Å². The van der Waals surface area contributed by atoms with Crippen molar-refractivity contribution in [1.29, 1.82) is 0 Å². The van der Waals surface area contributed by atoms with Gasteiger partial charge in [0.05, 0.1) is 11.2 Å². The summed E-state index contributed by atoms with van der Waals surface area (Å²) in [4.78, 5) is 14.5. The zero-order valence-electron chi connectivity index (χ0n) is 18.6. The van der Waals surface area contributed by atoms with Crippen LogP contribution in [0.3, 0.4) is 0 Å². The van der Waals surface area contributed by atoms with Crippen molar-refractivity contribution >= 4 is 43.7 Å². The van der Waals surface area contributed by atoms with Gasteiger partial charge in [-0.05, 0) is 55.0 Å². The number of hydrogen-bond donors (Lipinski definition) is 0. The predicted octanol–water partition coefficient (Wildman–Crippen LogP) is 7.48. The van der Waals surface area contributed by atoms with Crippen molar-refractivity contribution in [2.45, 2.75) is 33.6 Å². The van der Waals surface area contributed by atoms with E-state index in [0.717, 1.165) is 50.0 Å². The zero-order valence-corrected chi connectivity index (χ0v) is 18.6. The Morgan fingerprint density at radius 3 is 2.41 bits per heavy atom. The van der Waals surface area contributed by atoms with Crippen LogP contribution in [0.15, 0.2) is 65.1 Å². The molecule has 0 aliphatic carbocycles. The summed E-state index contributed by atoms with van der Waals surface area (Å²) in [6.45, 7) is 8.38. The second kappa shape index (κ2) is 6.86. The molecule has 4 nitrogen and oxygen atoms in total. The van der Waals surface area contributed by atoms with Crippen LogP contribution < -0.4 is 0 Å². The highest BCUT2D eigenvalue weighted by molar-refractivity contribution is 6.14. The van der Waals surface area contributed by atoms with Crippen molar-refractivity contribution in [2.75, 3.05) is 0 Å². The van der Waals surface area contributed by atoms with Crippen molar-refractivity contribution in [3.05, 3.63) is 77.7 Å². The number of aryl methyl sites for hydroxylation is 2. The average molecular weight is 418 g/mol. The van der Waals surface area contributed by atoms with Gasteiger partial charge in [0, 0.05) is 32.8 Å². The van der Waals surface area contributed by atoms with Crippen LogP contribution in [0.4, 0.5) is 0 Å². The minimum absolute atomic E-state index is 0.345. The Morgan fingerprint density at radius 2 is 1.56 bits per heavy atom. The third-order valence-corrected chi connectivity index (χ3v) is 6.26. The minimum Gasteiger partial charge on any atom is -0.437 e. The molecule has 0 aliphatic heterocycles. The van der Waals surface area contributed by atoms with Crippen molar-refractivity contribution in [3.63, 3.8) is 0 Å². The van der Waals surface area contributed by atoms with Gasteiger partial charge in [-0.3, -0.25) is 0 Å². The first kappa shape index (κ1) is 18.9. The molecule has 6 rings (SSSR count). The van der Waals surface area contributed by atoms with E-state index in [9.17, 15) is 0 Å². The van der Waals surface area contributed by atoms with Crippen LogP contribution in [0, 0.1) is 13.8 Å². The van der Waals surface area contributed by atoms with Gasteiger partial charge in [0.25, 0.3) is 0 Å². The second-order valence-electron chi connectivity index (χ2n) is 8.78. The van der Waals surface area contributed by atoms with E-state index >= 15 is 0 Å². The number of pyridine rings is 1. The number of para-hydroxylation sites is 1. The summed E-state index contributed by atoms with van der Waals surface area (Å²) >= 11 is 0. The van der Waals surface area contributed by atoms with E-state index in [0.29, 0.717) is 11.6 Å². The Balaban J connectivity index is 1.71. The third-order valence-electron chi connectivity index (χ3n) is 6.26. The number of nitrogens with zero attached hydrogens (tertiary/aromatic N) is 3. The molecule has 4 heteroatoms. The van der Waals surface area contributed by atoms with Gasteiger partial charge in [0.15, 0.2) is 0 Å². The fourth-order valence-corrected chi connectivity index (χ4v) is 4.66. The highest BCUT2D eigenvalue weighted by atomic mass is 16.3. The Kier molecular flexibility index (Phi) is 4.06. The van der Waals surface area contributed by atoms with Crippen molar-refractivity contribution in [3.8, 4) is 11.3 Å². The predicted molar refractivity (Wildman–Crippen MR) is 131 cm³/mol. The van der Waals surface area contributed by atoms with Crippen LogP contribution >= 0.6 is 0 Å². The van der Waals surface area contributed by atoms with Crippen LogP contribution in [0.1, 0.15) is 36.8 Å². The normalized spacial score (nSPS) is 12.0. The summed E-state index contributed by atoms with van der Waals surface area (Å²) in [6.07, 6.45) is 0. The lowest BCUT2D eigenvalue weighted by atomic mass is 9.98. The van der Waals surface area contributed by atoms with Crippen LogP contribution in [0.25, 0.3) is 55.0 Å². The Labute approximate surface area is 185 Å². The summed E-state index contributed by atoms with van der Waals surface area (Å²) in [5.41, 5.74) is 6.58. The van der Waals surface area contributed by atoms with E-state index in [1.165, 1.54) is 16.3 Å². The molecule has 0 saturated carbocycles. The van der Waals surface area contributed by atoms with E-state index in [-0.39, 0.29) is 0 Å². The molecule has 0 bridgehead atoms. The lowest BCUT2D eigenvalue weighted by Gasteiger charge is -2.11. The highest BCUT2D eigenvalue weighted by Gasteiger charge is 2.18. The maximum atomic E-state index is 6.36. The molecule has 6 aromatic rings. The van der Waals surface area contributed by atoms with E-state index in [1.54, 1.807) is 0 Å². The van der Waals surface area contributed by atoms with Gasteiger partial charge in [0.1, 0.15) is 11.4 Å². The molecule has 0 unspecified atom stereocenters. The Morgan fingerprint density at radius 1 is 0.750 bits per heavy atom. The van der Waals surface area contributed by atoms with Gasteiger partial charge in [0.2, 0.25) is 5.71 Å². The number of hydrogen-bond acceptors (Lipinski definition) is 4. The largest absolute Gasteiger partial charge is 0.437 e. The molecule has 0 fully saturated rings. The molecule has 3 aromatic carbocycles. The molecule has 3 aromatic heterocycles. The SMILES string of the molecule is Cc1nc(-c2cccc3c2oc2nc(C(C)C)ccc23)c2ccc3cccc(C)c3c2n1. The summed E-state index contributed by atoms with van der Waals surface area (Å²) in [7, 11) is 0. The summed E-state index contributed by atoms with van der Waals surface area (Å²) < 4.78 is 6.36. The van der Waals surface area contributed by atoms with Crippen LogP contribution in [0.2, 0.25) is 0 Å². The topological polar surface area (TPSA) is 51.8 Å². The molecular formula is C28H23N3O. The summed E-state index contributed by atoms with van der Waals surface area (Å²) in [5.74, 6) is 1.09. The molecule has 32 heavy (non-hydrogen) atoms. The highest BCUT2D eigenvalue weighted by Crippen LogP contribution is 2.38. The molecule has 0 radical (unpaired) electrons. The van der Waals surface area contributed by atoms with Crippen LogP contribution in [-0.2, 0) is 0 Å². The Hall–Kier alpha value is -3.79. The van der Waals surface area contributed by atoms with Crippen molar-refractivity contribution in [1.82, 2.24) is 15.0 Å². The number of fused-ring (bicyclic) bond motifs is 6. The molecule has 0 atom stereocenters. The molecule has 0 N–H and O–H groups in total. The third kappa shape index (κ3) is 2.72. The molecule has 0 aliphatic rings. The molecule has 0 amide bonds. The number of rotatable bonds is 2. The fraction of sp³-hybridized carbons (Fsp3) is 0.179. The maximum absolute atomic E-state index is 6.36. The molecule has 156 valence electrons. The monoisotopic (exact) mass is 417 g/mol. The van der Waals surface area contributed by atoms with Gasteiger partial charge >= 0.3 is 0 Å². The fourth-order valence-electron chi connectivity index (χ4n) is 4.66. The minimum atomic E-state index is 0.345. The maximum Gasteiger partial charge on any atom is 0.227 e. The van der Waals surface area contributed by atoms with Gasteiger partial charge in [-0.2, -0.15) is 0 Å². The van der Waals surface area contributed by atoms with E-state index in [1.807, 2.05) is 6.92 Å². The summed E-state index contributed by atoms with van der Waals surface area (Å²) in [5, 5.41) is 5.48. The lowest BCUT2D eigenvalue weighted by molar-refractivity contribution is 0.648. The van der Waals surface area contributed by atoms with Crippen molar-refractivity contribution in [2.24, 2.45) is 0 Å². The first-order valence-corrected chi connectivity index (χ1v) is 11.0. The van der Waals surface area contributed by atoms with Gasteiger partial charge < -0.3 is 4.42 Å². The number of benzene rings is 3. The van der Waals surface area contributed by atoms with E-state index in [2.05, 4.69) is 81.4 Å². The zero-order chi connectivity index (χ0) is 22.0.